The molecule has 0 aliphatic rings. The zero-order valence-corrected chi connectivity index (χ0v) is 18.0. The molecule has 0 heterocycles. The van der Waals surface area contributed by atoms with Gasteiger partial charge < -0.3 is 25.6 Å². The molecule has 28 heavy (non-hydrogen) atoms. The largest absolute Gasteiger partial charge is 0.467 e. The topological polar surface area (TPSA) is 82.7 Å². The summed E-state index contributed by atoms with van der Waals surface area (Å²) in [6.45, 7) is 8.13. The number of esters is 1. The van der Waals surface area contributed by atoms with Gasteiger partial charge in [0.2, 0.25) is 5.91 Å². The smallest absolute Gasteiger partial charge is 0.328 e. The van der Waals surface area contributed by atoms with E-state index in [9.17, 15) is 9.59 Å². The second-order valence-electron chi connectivity index (χ2n) is 6.31. The highest BCUT2D eigenvalue weighted by atomic mass is 32.1. The highest BCUT2D eigenvalue weighted by Crippen LogP contribution is 2.17. The Morgan fingerprint density at radius 3 is 2.32 bits per heavy atom. The average Bonchev–Trinajstić information content (AvgIpc) is 2.71. The Labute approximate surface area is 173 Å². The first-order valence-electron chi connectivity index (χ1n) is 9.72. The van der Waals surface area contributed by atoms with E-state index in [4.69, 9.17) is 17.0 Å². The van der Waals surface area contributed by atoms with E-state index in [1.807, 2.05) is 31.2 Å². The second-order valence-corrected chi connectivity index (χ2v) is 6.72. The zero-order chi connectivity index (χ0) is 20.9. The molecule has 1 aromatic carbocycles. The van der Waals surface area contributed by atoms with Crippen LogP contribution in [0, 0.1) is 0 Å². The molecule has 0 radical (unpaired) electrons. The van der Waals surface area contributed by atoms with Crippen LogP contribution in [0.5, 0.6) is 0 Å². The molecule has 1 unspecified atom stereocenters. The van der Waals surface area contributed by atoms with Crippen molar-refractivity contribution in [3.05, 3.63) is 24.3 Å². The number of amides is 1. The van der Waals surface area contributed by atoms with E-state index in [-0.39, 0.29) is 12.5 Å². The number of methoxy groups -OCH3 is 1. The molecule has 1 rings (SSSR count). The van der Waals surface area contributed by atoms with E-state index < -0.39 is 12.0 Å². The number of rotatable bonds is 11. The third-order valence-corrected chi connectivity index (χ3v) is 4.58. The van der Waals surface area contributed by atoms with Crippen LogP contribution in [-0.4, -0.2) is 49.8 Å². The fourth-order valence-electron chi connectivity index (χ4n) is 2.72. The summed E-state index contributed by atoms with van der Waals surface area (Å²) in [6.07, 6.45) is 2.32. The average molecular weight is 409 g/mol. The minimum absolute atomic E-state index is 0.0248. The molecule has 156 valence electrons. The standard InChI is InChI=1S/C20H32N4O3S/c1-5-8-9-17(19(26)27-4)23-18(25)14-21-20(28)22-15-10-12-16(13-11-15)24(6-2)7-3/h10-13,17H,5-9,14H2,1-4H3,(H,23,25)(H2,21,22,28). The van der Waals surface area contributed by atoms with Crippen LogP contribution < -0.4 is 20.9 Å². The number of nitrogens with zero attached hydrogens (tertiary/aromatic N) is 1. The first-order valence-corrected chi connectivity index (χ1v) is 10.1. The molecule has 0 fully saturated rings. The van der Waals surface area contributed by atoms with Crippen LogP contribution in [0.4, 0.5) is 11.4 Å². The molecule has 0 aliphatic carbocycles. The van der Waals surface area contributed by atoms with Crippen LogP contribution in [0.2, 0.25) is 0 Å². The van der Waals surface area contributed by atoms with E-state index in [0.717, 1.165) is 37.3 Å². The summed E-state index contributed by atoms with van der Waals surface area (Å²) in [7, 11) is 1.32. The van der Waals surface area contributed by atoms with Crippen LogP contribution in [0.25, 0.3) is 0 Å². The van der Waals surface area contributed by atoms with Gasteiger partial charge in [-0.3, -0.25) is 4.79 Å². The maximum Gasteiger partial charge on any atom is 0.328 e. The fraction of sp³-hybridized carbons (Fsp3) is 0.550. The van der Waals surface area contributed by atoms with Crippen molar-refractivity contribution < 1.29 is 14.3 Å². The summed E-state index contributed by atoms with van der Waals surface area (Å²) in [5.41, 5.74) is 1.99. The summed E-state index contributed by atoms with van der Waals surface area (Å²) in [5, 5.41) is 8.93. The maximum atomic E-state index is 12.1. The molecule has 1 atom stereocenters. The Bertz CT molecular complexity index is 633. The van der Waals surface area contributed by atoms with Crippen molar-refractivity contribution in [1.29, 1.82) is 0 Å². The normalized spacial score (nSPS) is 11.3. The van der Waals surface area contributed by atoms with Crippen molar-refractivity contribution in [1.82, 2.24) is 10.6 Å². The lowest BCUT2D eigenvalue weighted by atomic mass is 10.1. The molecule has 1 amide bonds. The molecular weight excluding hydrogens is 376 g/mol. The number of ether oxygens (including phenoxy) is 1. The molecule has 0 aliphatic heterocycles. The number of thiocarbonyl (C=S) groups is 1. The number of nitrogens with one attached hydrogen (secondary N) is 3. The minimum atomic E-state index is -0.631. The molecular formula is C20H32N4O3S. The van der Waals surface area contributed by atoms with E-state index in [1.165, 1.54) is 7.11 Å². The van der Waals surface area contributed by atoms with E-state index in [0.29, 0.717) is 11.5 Å². The summed E-state index contributed by atoms with van der Waals surface area (Å²) in [4.78, 5) is 26.1. The lowest BCUT2D eigenvalue weighted by Crippen LogP contribution is -2.46. The highest BCUT2D eigenvalue weighted by molar-refractivity contribution is 7.80. The number of unbranched alkanes of at least 4 members (excludes halogenated alkanes) is 1. The molecule has 0 aromatic heterocycles. The molecule has 0 spiro atoms. The van der Waals surface area contributed by atoms with Gasteiger partial charge in [0.25, 0.3) is 0 Å². The van der Waals surface area contributed by atoms with E-state index in [2.05, 4.69) is 34.7 Å². The Balaban J connectivity index is 2.48. The minimum Gasteiger partial charge on any atom is -0.467 e. The fourth-order valence-corrected chi connectivity index (χ4v) is 2.92. The maximum absolute atomic E-state index is 12.1. The van der Waals surface area contributed by atoms with Crippen LogP contribution in [0.3, 0.4) is 0 Å². The Hall–Kier alpha value is -2.35. The first-order chi connectivity index (χ1) is 13.4. The van der Waals surface area contributed by atoms with Crippen molar-refractivity contribution in [2.45, 2.75) is 46.1 Å². The molecule has 0 bridgehead atoms. The van der Waals surface area contributed by atoms with Crippen LogP contribution in [-0.2, 0) is 14.3 Å². The van der Waals surface area contributed by atoms with Gasteiger partial charge in [-0.2, -0.15) is 0 Å². The molecule has 7 nitrogen and oxygen atoms in total. The van der Waals surface area contributed by atoms with Gasteiger partial charge in [-0.25, -0.2) is 4.79 Å². The quantitative estimate of drug-likeness (QED) is 0.383. The summed E-state index contributed by atoms with van der Waals surface area (Å²) >= 11 is 5.24. The van der Waals surface area contributed by atoms with Crippen molar-refractivity contribution in [3.8, 4) is 0 Å². The molecule has 1 aromatic rings. The number of hydrogen-bond acceptors (Lipinski definition) is 5. The molecule has 0 saturated carbocycles. The predicted octanol–water partition coefficient (Wildman–Crippen LogP) is 2.67. The number of anilines is 2. The first kappa shape index (κ1) is 23.7. The SMILES string of the molecule is CCCCC(NC(=O)CNC(=S)Nc1ccc(N(CC)CC)cc1)C(=O)OC. The third kappa shape index (κ3) is 8.12. The number of hydrogen-bond donors (Lipinski definition) is 3. The second kappa shape index (κ2) is 12.9. The summed E-state index contributed by atoms with van der Waals surface area (Å²) in [6, 6.07) is 7.31. The number of carbonyl (C=O) groups is 2. The lowest BCUT2D eigenvalue weighted by molar-refractivity contribution is -0.145. The third-order valence-electron chi connectivity index (χ3n) is 4.33. The summed E-state index contributed by atoms with van der Waals surface area (Å²) in [5.74, 6) is -0.747. The van der Waals surface area contributed by atoms with Crippen molar-refractivity contribution in [2.24, 2.45) is 0 Å². The van der Waals surface area contributed by atoms with Crippen molar-refractivity contribution in [3.63, 3.8) is 0 Å². The summed E-state index contributed by atoms with van der Waals surface area (Å²) < 4.78 is 4.74. The van der Waals surface area contributed by atoms with E-state index in [1.54, 1.807) is 0 Å². The zero-order valence-electron chi connectivity index (χ0n) is 17.2. The van der Waals surface area contributed by atoms with Gasteiger partial charge in [0.1, 0.15) is 6.04 Å². The molecule has 3 N–H and O–H groups in total. The predicted molar refractivity (Wildman–Crippen MR) is 118 cm³/mol. The van der Waals surface area contributed by atoms with E-state index >= 15 is 0 Å². The number of carbonyl (C=O) groups excluding carboxylic acids is 2. The number of benzene rings is 1. The van der Waals surface area contributed by atoms with Gasteiger partial charge in [0.05, 0.1) is 13.7 Å². The van der Waals surface area contributed by atoms with Gasteiger partial charge in [-0.1, -0.05) is 19.8 Å². The highest BCUT2D eigenvalue weighted by Gasteiger charge is 2.20. The van der Waals surface area contributed by atoms with Crippen LogP contribution in [0.15, 0.2) is 24.3 Å². The van der Waals surface area contributed by atoms with Gasteiger partial charge in [-0.05, 0) is 56.8 Å². The van der Waals surface area contributed by atoms with Crippen LogP contribution in [0.1, 0.15) is 40.0 Å². The molecule has 0 saturated heterocycles. The van der Waals surface area contributed by atoms with Gasteiger partial charge >= 0.3 is 5.97 Å². The Morgan fingerprint density at radius 2 is 1.79 bits per heavy atom. The van der Waals surface area contributed by atoms with Crippen LogP contribution >= 0.6 is 12.2 Å². The molecule has 8 heteroatoms. The van der Waals surface area contributed by atoms with Gasteiger partial charge in [-0.15, -0.1) is 0 Å². The van der Waals surface area contributed by atoms with Crippen molar-refractivity contribution >= 4 is 40.6 Å². The van der Waals surface area contributed by atoms with Crippen molar-refractivity contribution in [2.75, 3.05) is 37.0 Å². The van der Waals surface area contributed by atoms with Gasteiger partial charge in [0, 0.05) is 24.5 Å². The Morgan fingerprint density at radius 1 is 1.14 bits per heavy atom. The lowest BCUT2D eigenvalue weighted by Gasteiger charge is -2.21. The Kier molecular flexibility index (Phi) is 10.9. The van der Waals surface area contributed by atoms with Gasteiger partial charge in [0.15, 0.2) is 5.11 Å². The monoisotopic (exact) mass is 408 g/mol.